The lowest BCUT2D eigenvalue weighted by atomic mass is 10.2. The Bertz CT molecular complexity index is 274. The second-order valence-electron chi connectivity index (χ2n) is 3.44. The standard InChI is InChI=1S/C11H18N2O/c1-4-14-11-10(6-5-7-12-11)8-13-9(2)3/h5-7,9,13H,4,8H2,1-3H3. The van der Waals surface area contributed by atoms with Gasteiger partial charge in [0.15, 0.2) is 0 Å². The van der Waals surface area contributed by atoms with Gasteiger partial charge < -0.3 is 10.1 Å². The van der Waals surface area contributed by atoms with E-state index in [0.717, 1.165) is 18.0 Å². The lowest BCUT2D eigenvalue weighted by molar-refractivity contribution is 0.321. The summed E-state index contributed by atoms with van der Waals surface area (Å²) in [6.45, 7) is 7.67. The van der Waals surface area contributed by atoms with E-state index in [2.05, 4.69) is 24.1 Å². The first-order chi connectivity index (χ1) is 6.74. The van der Waals surface area contributed by atoms with Crippen molar-refractivity contribution in [3.8, 4) is 5.88 Å². The molecular formula is C11H18N2O. The van der Waals surface area contributed by atoms with Crippen LogP contribution in [0.1, 0.15) is 26.3 Å². The van der Waals surface area contributed by atoms with E-state index < -0.39 is 0 Å². The van der Waals surface area contributed by atoms with Crippen molar-refractivity contribution in [2.75, 3.05) is 6.61 Å². The van der Waals surface area contributed by atoms with Gasteiger partial charge in [-0.05, 0) is 13.0 Å². The second-order valence-corrected chi connectivity index (χ2v) is 3.44. The fourth-order valence-electron chi connectivity index (χ4n) is 1.14. The Morgan fingerprint density at radius 1 is 1.50 bits per heavy atom. The maximum Gasteiger partial charge on any atom is 0.217 e. The third-order valence-electron chi connectivity index (χ3n) is 1.83. The molecular weight excluding hydrogens is 176 g/mol. The third kappa shape index (κ3) is 3.34. The zero-order valence-corrected chi connectivity index (χ0v) is 9.08. The van der Waals surface area contributed by atoms with Crippen molar-refractivity contribution in [1.29, 1.82) is 0 Å². The molecule has 0 saturated heterocycles. The fraction of sp³-hybridized carbons (Fsp3) is 0.545. The SMILES string of the molecule is CCOc1ncccc1CNC(C)C. The van der Waals surface area contributed by atoms with Crippen LogP contribution in [0.2, 0.25) is 0 Å². The van der Waals surface area contributed by atoms with E-state index in [-0.39, 0.29) is 0 Å². The normalized spacial score (nSPS) is 10.6. The number of rotatable bonds is 5. The molecule has 1 heterocycles. The number of ether oxygens (including phenoxy) is 1. The van der Waals surface area contributed by atoms with E-state index in [4.69, 9.17) is 4.74 Å². The van der Waals surface area contributed by atoms with Crippen LogP contribution in [0.5, 0.6) is 5.88 Å². The van der Waals surface area contributed by atoms with Gasteiger partial charge in [-0.15, -0.1) is 0 Å². The fourth-order valence-corrected chi connectivity index (χ4v) is 1.14. The largest absolute Gasteiger partial charge is 0.478 e. The highest BCUT2D eigenvalue weighted by Crippen LogP contribution is 2.13. The second kappa shape index (κ2) is 5.60. The minimum absolute atomic E-state index is 0.477. The zero-order chi connectivity index (χ0) is 10.4. The molecule has 14 heavy (non-hydrogen) atoms. The van der Waals surface area contributed by atoms with E-state index >= 15 is 0 Å². The molecule has 1 aromatic heterocycles. The van der Waals surface area contributed by atoms with Crippen molar-refractivity contribution in [2.24, 2.45) is 0 Å². The van der Waals surface area contributed by atoms with Gasteiger partial charge in [-0.25, -0.2) is 4.98 Å². The molecule has 0 atom stereocenters. The molecule has 1 N–H and O–H groups in total. The smallest absolute Gasteiger partial charge is 0.217 e. The van der Waals surface area contributed by atoms with E-state index in [1.807, 2.05) is 19.1 Å². The predicted octanol–water partition coefficient (Wildman–Crippen LogP) is 1.98. The van der Waals surface area contributed by atoms with Crippen LogP contribution in [0.15, 0.2) is 18.3 Å². The van der Waals surface area contributed by atoms with Crippen molar-refractivity contribution in [1.82, 2.24) is 10.3 Å². The molecule has 0 saturated carbocycles. The van der Waals surface area contributed by atoms with Gasteiger partial charge in [-0.1, -0.05) is 19.9 Å². The summed E-state index contributed by atoms with van der Waals surface area (Å²) >= 11 is 0. The maximum atomic E-state index is 5.42. The van der Waals surface area contributed by atoms with Crippen LogP contribution in [0.4, 0.5) is 0 Å². The Hall–Kier alpha value is -1.09. The molecule has 1 rings (SSSR count). The molecule has 1 aromatic rings. The molecule has 0 bridgehead atoms. The summed E-state index contributed by atoms with van der Waals surface area (Å²) in [5.74, 6) is 0.739. The average molecular weight is 194 g/mol. The molecule has 0 unspecified atom stereocenters. The average Bonchev–Trinajstić information content (AvgIpc) is 2.17. The summed E-state index contributed by atoms with van der Waals surface area (Å²) in [5.41, 5.74) is 1.11. The Morgan fingerprint density at radius 3 is 2.93 bits per heavy atom. The Kier molecular flexibility index (Phi) is 4.40. The van der Waals surface area contributed by atoms with Crippen LogP contribution in [0, 0.1) is 0 Å². The first-order valence-electron chi connectivity index (χ1n) is 5.04. The first-order valence-corrected chi connectivity index (χ1v) is 5.04. The number of pyridine rings is 1. The summed E-state index contributed by atoms with van der Waals surface area (Å²) < 4.78 is 5.42. The van der Waals surface area contributed by atoms with E-state index in [9.17, 15) is 0 Å². The first kappa shape index (κ1) is 11.0. The molecule has 0 aliphatic heterocycles. The number of nitrogens with zero attached hydrogens (tertiary/aromatic N) is 1. The molecule has 0 amide bonds. The maximum absolute atomic E-state index is 5.42. The van der Waals surface area contributed by atoms with Gasteiger partial charge in [0, 0.05) is 24.3 Å². The van der Waals surface area contributed by atoms with Gasteiger partial charge in [-0.3, -0.25) is 0 Å². The Morgan fingerprint density at radius 2 is 2.29 bits per heavy atom. The van der Waals surface area contributed by atoms with Crippen molar-refractivity contribution in [3.05, 3.63) is 23.9 Å². The molecule has 0 aliphatic carbocycles. The van der Waals surface area contributed by atoms with Gasteiger partial charge in [0.1, 0.15) is 0 Å². The van der Waals surface area contributed by atoms with Crippen LogP contribution in [-0.4, -0.2) is 17.6 Å². The Labute approximate surface area is 85.5 Å². The number of hydrogen-bond donors (Lipinski definition) is 1. The topological polar surface area (TPSA) is 34.1 Å². The molecule has 0 fully saturated rings. The van der Waals surface area contributed by atoms with Gasteiger partial charge in [0.05, 0.1) is 6.61 Å². The number of nitrogens with one attached hydrogen (secondary N) is 1. The minimum atomic E-state index is 0.477. The molecule has 0 aromatic carbocycles. The third-order valence-corrected chi connectivity index (χ3v) is 1.83. The van der Waals surface area contributed by atoms with Crippen molar-refractivity contribution >= 4 is 0 Å². The molecule has 0 radical (unpaired) electrons. The van der Waals surface area contributed by atoms with E-state index in [1.165, 1.54) is 0 Å². The van der Waals surface area contributed by atoms with Gasteiger partial charge in [0.2, 0.25) is 5.88 Å². The lowest BCUT2D eigenvalue weighted by Gasteiger charge is -2.11. The van der Waals surface area contributed by atoms with Gasteiger partial charge >= 0.3 is 0 Å². The lowest BCUT2D eigenvalue weighted by Crippen LogP contribution is -2.22. The number of hydrogen-bond acceptors (Lipinski definition) is 3. The molecule has 0 aliphatic rings. The van der Waals surface area contributed by atoms with Crippen molar-refractivity contribution < 1.29 is 4.74 Å². The summed E-state index contributed by atoms with van der Waals surface area (Å²) in [6, 6.07) is 4.44. The van der Waals surface area contributed by atoms with Crippen molar-refractivity contribution in [3.63, 3.8) is 0 Å². The monoisotopic (exact) mass is 194 g/mol. The van der Waals surface area contributed by atoms with Crippen LogP contribution in [-0.2, 0) is 6.54 Å². The predicted molar refractivity (Wildman–Crippen MR) is 57.4 cm³/mol. The molecule has 78 valence electrons. The van der Waals surface area contributed by atoms with Crippen LogP contribution in [0.3, 0.4) is 0 Å². The van der Waals surface area contributed by atoms with Gasteiger partial charge in [0.25, 0.3) is 0 Å². The van der Waals surface area contributed by atoms with E-state index in [0.29, 0.717) is 12.6 Å². The van der Waals surface area contributed by atoms with E-state index in [1.54, 1.807) is 6.20 Å². The van der Waals surface area contributed by atoms with Crippen LogP contribution < -0.4 is 10.1 Å². The highest BCUT2D eigenvalue weighted by molar-refractivity contribution is 5.25. The molecule has 3 heteroatoms. The highest BCUT2D eigenvalue weighted by Gasteiger charge is 2.03. The zero-order valence-electron chi connectivity index (χ0n) is 9.08. The van der Waals surface area contributed by atoms with Gasteiger partial charge in [-0.2, -0.15) is 0 Å². The highest BCUT2D eigenvalue weighted by atomic mass is 16.5. The quantitative estimate of drug-likeness (QED) is 0.778. The molecule has 3 nitrogen and oxygen atoms in total. The summed E-state index contributed by atoms with van der Waals surface area (Å²) in [5, 5.41) is 3.34. The summed E-state index contributed by atoms with van der Waals surface area (Å²) in [4.78, 5) is 4.18. The Balaban J connectivity index is 2.64. The summed E-state index contributed by atoms with van der Waals surface area (Å²) in [7, 11) is 0. The van der Waals surface area contributed by atoms with Crippen LogP contribution >= 0.6 is 0 Å². The number of aromatic nitrogens is 1. The molecule has 0 spiro atoms. The minimum Gasteiger partial charge on any atom is -0.478 e. The van der Waals surface area contributed by atoms with Crippen LogP contribution in [0.25, 0.3) is 0 Å². The van der Waals surface area contributed by atoms with Crippen molar-refractivity contribution in [2.45, 2.75) is 33.4 Å². The summed E-state index contributed by atoms with van der Waals surface area (Å²) in [6.07, 6.45) is 1.75.